The minimum absolute atomic E-state index is 0.180. The molecule has 0 radical (unpaired) electrons. The Balaban J connectivity index is 1.80. The van der Waals surface area contributed by atoms with Gasteiger partial charge in [0.1, 0.15) is 11.4 Å². The van der Waals surface area contributed by atoms with Gasteiger partial charge in [-0.2, -0.15) is 5.10 Å². The number of halogens is 2. The predicted octanol–water partition coefficient (Wildman–Crippen LogP) is 2.77. The van der Waals surface area contributed by atoms with E-state index in [1.807, 2.05) is 13.8 Å². The van der Waals surface area contributed by atoms with Gasteiger partial charge in [-0.15, -0.1) is 0 Å². The molecule has 1 aromatic carbocycles. The van der Waals surface area contributed by atoms with Crippen LogP contribution in [0.15, 0.2) is 24.4 Å². The third-order valence-corrected chi connectivity index (χ3v) is 6.22. The lowest BCUT2D eigenvalue weighted by molar-refractivity contribution is -0.896. The molecule has 3 aromatic rings. The van der Waals surface area contributed by atoms with Crippen LogP contribution in [-0.4, -0.2) is 46.7 Å². The zero-order chi connectivity index (χ0) is 22.5. The second-order valence-electron chi connectivity index (χ2n) is 7.75. The number of carbonyl (C=O) groups is 1. The zero-order valence-corrected chi connectivity index (χ0v) is 19.3. The first kappa shape index (κ1) is 23.2. The Hall–Kier alpha value is -2.51. The third-order valence-electron chi connectivity index (χ3n) is 5.86. The lowest BCUT2D eigenvalue weighted by Gasteiger charge is -2.15. The summed E-state index contributed by atoms with van der Waals surface area (Å²) in [7, 11) is 0. The van der Waals surface area contributed by atoms with Crippen LogP contribution in [0.1, 0.15) is 53.1 Å². The highest BCUT2D eigenvalue weighted by molar-refractivity contribution is 6.31. The van der Waals surface area contributed by atoms with Gasteiger partial charge in [0, 0.05) is 41.4 Å². The van der Waals surface area contributed by atoms with Crippen molar-refractivity contribution in [3.05, 3.63) is 63.3 Å². The average Bonchev–Trinajstić information content (AvgIpc) is 3.17. The normalized spacial score (nSPS) is 11.5. The van der Waals surface area contributed by atoms with Crippen LogP contribution in [0.5, 0.6) is 0 Å². The molecule has 0 saturated carbocycles. The number of nitrogens with zero attached hydrogens (tertiary/aromatic N) is 3. The maximum Gasteiger partial charge on any atom is 0.256 e. The number of hydrogen-bond donors (Lipinski definition) is 2. The smallest absolute Gasteiger partial charge is 0.256 e. The summed E-state index contributed by atoms with van der Waals surface area (Å²) >= 11 is 6.21. The standard InChI is InChI=1S/C23H29ClFN5O/c1-5-29(6-2)12-8-11-26-23(31)19-14-27-30-16(4)17(15(3)28-22(19)30)13-18-20(24)9-7-10-21(18)25/h7,9-10,14H,5-6,8,11-13H2,1-4H3,(H,26,31)/p+1. The molecule has 2 heterocycles. The molecule has 0 unspecified atom stereocenters. The fourth-order valence-corrected chi connectivity index (χ4v) is 4.07. The lowest BCUT2D eigenvalue weighted by atomic mass is 10.0. The maximum atomic E-state index is 14.3. The summed E-state index contributed by atoms with van der Waals surface area (Å²) in [6.07, 6.45) is 2.77. The van der Waals surface area contributed by atoms with Crippen LogP contribution in [0.2, 0.25) is 5.02 Å². The van der Waals surface area contributed by atoms with Crippen LogP contribution >= 0.6 is 11.6 Å². The van der Waals surface area contributed by atoms with E-state index in [1.165, 1.54) is 11.0 Å². The van der Waals surface area contributed by atoms with Crippen LogP contribution in [0, 0.1) is 19.7 Å². The quantitative estimate of drug-likeness (QED) is 0.497. The highest BCUT2D eigenvalue weighted by Crippen LogP contribution is 2.26. The highest BCUT2D eigenvalue weighted by Gasteiger charge is 2.20. The van der Waals surface area contributed by atoms with Crippen LogP contribution in [-0.2, 0) is 6.42 Å². The molecular weight excluding hydrogens is 417 g/mol. The van der Waals surface area contributed by atoms with Gasteiger partial charge >= 0.3 is 0 Å². The second kappa shape index (κ2) is 10.2. The van der Waals surface area contributed by atoms with Gasteiger partial charge in [-0.25, -0.2) is 13.9 Å². The Morgan fingerprint density at radius 1 is 1.23 bits per heavy atom. The molecule has 0 aliphatic rings. The maximum absolute atomic E-state index is 14.3. The molecule has 0 atom stereocenters. The van der Waals surface area contributed by atoms with Crippen molar-refractivity contribution in [1.29, 1.82) is 0 Å². The summed E-state index contributed by atoms with van der Waals surface area (Å²) in [6, 6.07) is 4.66. The summed E-state index contributed by atoms with van der Waals surface area (Å²) in [6.45, 7) is 11.9. The van der Waals surface area contributed by atoms with E-state index in [1.54, 1.807) is 22.8 Å². The first-order valence-electron chi connectivity index (χ1n) is 10.8. The molecule has 6 nitrogen and oxygen atoms in total. The highest BCUT2D eigenvalue weighted by atomic mass is 35.5. The van der Waals surface area contributed by atoms with E-state index in [9.17, 15) is 9.18 Å². The molecule has 0 bridgehead atoms. The van der Waals surface area contributed by atoms with Gasteiger partial charge in [-0.1, -0.05) is 17.7 Å². The van der Waals surface area contributed by atoms with Crippen molar-refractivity contribution in [1.82, 2.24) is 19.9 Å². The van der Waals surface area contributed by atoms with E-state index in [-0.39, 0.29) is 11.7 Å². The molecule has 0 fully saturated rings. The van der Waals surface area contributed by atoms with Gasteiger partial charge in [-0.05, 0) is 45.4 Å². The van der Waals surface area contributed by atoms with E-state index in [2.05, 4.69) is 29.2 Å². The number of amides is 1. The molecule has 8 heteroatoms. The first-order chi connectivity index (χ1) is 14.9. The van der Waals surface area contributed by atoms with Crippen LogP contribution in [0.4, 0.5) is 4.39 Å². The number of quaternary nitrogens is 1. The van der Waals surface area contributed by atoms with Gasteiger partial charge in [0.2, 0.25) is 0 Å². The SMILES string of the molecule is CC[NH+](CC)CCCNC(=O)c1cnn2c(C)c(Cc3c(F)cccc3Cl)c(C)nc12. The fourth-order valence-electron chi connectivity index (χ4n) is 3.84. The minimum atomic E-state index is -0.349. The molecule has 2 N–H and O–H groups in total. The van der Waals surface area contributed by atoms with E-state index in [0.717, 1.165) is 43.0 Å². The zero-order valence-electron chi connectivity index (χ0n) is 18.6. The number of aromatic nitrogens is 3. The Morgan fingerprint density at radius 3 is 2.65 bits per heavy atom. The number of fused-ring (bicyclic) bond motifs is 1. The van der Waals surface area contributed by atoms with Crippen LogP contribution in [0.3, 0.4) is 0 Å². The number of nitrogens with one attached hydrogen (secondary N) is 2. The molecule has 0 saturated heterocycles. The number of rotatable bonds is 9. The summed E-state index contributed by atoms with van der Waals surface area (Å²) in [5.74, 6) is -0.528. The second-order valence-corrected chi connectivity index (χ2v) is 8.16. The Labute approximate surface area is 187 Å². The number of hydrogen-bond acceptors (Lipinski definition) is 3. The molecule has 0 aliphatic carbocycles. The monoisotopic (exact) mass is 446 g/mol. The fraction of sp³-hybridized carbons (Fsp3) is 0.435. The summed E-state index contributed by atoms with van der Waals surface area (Å²) in [5, 5.41) is 7.73. The Morgan fingerprint density at radius 2 is 1.97 bits per heavy atom. The summed E-state index contributed by atoms with van der Waals surface area (Å²) in [5.41, 5.74) is 3.76. The Bertz CT molecular complexity index is 1060. The number of carbonyl (C=O) groups excluding carboxylic acids is 1. The first-order valence-corrected chi connectivity index (χ1v) is 11.1. The molecule has 0 spiro atoms. The molecule has 3 rings (SSSR count). The average molecular weight is 447 g/mol. The van der Waals surface area contributed by atoms with Crippen molar-refractivity contribution in [2.24, 2.45) is 0 Å². The van der Waals surface area contributed by atoms with Crippen molar-refractivity contribution in [3.63, 3.8) is 0 Å². The third kappa shape index (κ3) is 5.05. The summed E-state index contributed by atoms with van der Waals surface area (Å²) in [4.78, 5) is 18.9. The van der Waals surface area contributed by atoms with E-state index in [0.29, 0.717) is 34.8 Å². The largest absolute Gasteiger partial charge is 0.352 e. The topological polar surface area (TPSA) is 63.7 Å². The van der Waals surface area contributed by atoms with Crippen molar-refractivity contribution in [3.8, 4) is 0 Å². The molecule has 1 amide bonds. The van der Waals surface area contributed by atoms with Gasteiger partial charge in [-0.3, -0.25) is 4.79 Å². The van der Waals surface area contributed by atoms with Gasteiger partial charge < -0.3 is 10.2 Å². The molecule has 0 aliphatic heterocycles. The van der Waals surface area contributed by atoms with Crippen LogP contribution in [0.25, 0.3) is 5.65 Å². The molecular formula is C23H30ClFN5O+. The van der Waals surface area contributed by atoms with Crippen molar-refractivity contribution in [2.75, 3.05) is 26.2 Å². The Kier molecular flexibility index (Phi) is 7.62. The molecule has 2 aromatic heterocycles. The molecule has 166 valence electrons. The van der Waals surface area contributed by atoms with Crippen molar-refractivity contribution in [2.45, 2.75) is 40.5 Å². The van der Waals surface area contributed by atoms with Crippen LogP contribution < -0.4 is 10.2 Å². The number of aryl methyl sites for hydroxylation is 2. The molecule has 31 heavy (non-hydrogen) atoms. The van der Waals surface area contributed by atoms with Gasteiger partial charge in [0.05, 0.1) is 25.8 Å². The predicted molar refractivity (Wildman–Crippen MR) is 121 cm³/mol. The van der Waals surface area contributed by atoms with E-state index >= 15 is 0 Å². The minimum Gasteiger partial charge on any atom is -0.352 e. The van der Waals surface area contributed by atoms with Crippen molar-refractivity contribution < 1.29 is 14.1 Å². The van der Waals surface area contributed by atoms with Gasteiger partial charge in [0.15, 0.2) is 5.65 Å². The number of benzene rings is 1. The van der Waals surface area contributed by atoms with Gasteiger partial charge in [0.25, 0.3) is 5.91 Å². The van der Waals surface area contributed by atoms with E-state index < -0.39 is 0 Å². The van der Waals surface area contributed by atoms with E-state index in [4.69, 9.17) is 11.6 Å². The van der Waals surface area contributed by atoms with Crippen molar-refractivity contribution >= 4 is 23.2 Å². The lowest BCUT2D eigenvalue weighted by Crippen LogP contribution is -3.11. The summed E-state index contributed by atoms with van der Waals surface area (Å²) < 4.78 is 15.9.